The maximum absolute atomic E-state index is 13.2. The van der Waals surface area contributed by atoms with Crippen LogP contribution in [0.4, 0.5) is 10.1 Å². The van der Waals surface area contributed by atoms with Gasteiger partial charge in [-0.1, -0.05) is 0 Å². The van der Waals surface area contributed by atoms with Crippen molar-refractivity contribution in [2.45, 2.75) is 13.0 Å². The van der Waals surface area contributed by atoms with Crippen LogP contribution in [0.2, 0.25) is 0 Å². The summed E-state index contributed by atoms with van der Waals surface area (Å²) in [6.07, 6.45) is 0. The van der Waals surface area contributed by atoms with E-state index in [-0.39, 0.29) is 18.4 Å². The highest BCUT2D eigenvalue weighted by molar-refractivity contribution is 6.07. The van der Waals surface area contributed by atoms with Gasteiger partial charge in [0.15, 0.2) is 0 Å². The fourth-order valence-electron chi connectivity index (χ4n) is 2.04. The number of likely N-dealkylation sites (N-methyl/N-ethyl adjacent to an activating group) is 1. The maximum Gasteiger partial charge on any atom is 0.249 e. The topological polar surface area (TPSA) is 66.6 Å². The Hall–Kier alpha value is -1.95. The highest BCUT2D eigenvalue weighted by atomic mass is 19.1. The smallest absolute Gasteiger partial charge is 0.249 e. The third kappa shape index (κ3) is 2.31. The van der Waals surface area contributed by atoms with E-state index < -0.39 is 11.9 Å². The molecule has 2 rings (SSSR count). The number of halogens is 1. The lowest BCUT2D eigenvalue weighted by Crippen LogP contribution is -2.41. The van der Waals surface area contributed by atoms with Crippen molar-refractivity contribution in [2.75, 3.05) is 25.0 Å². The van der Waals surface area contributed by atoms with Crippen molar-refractivity contribution in [3.05, 3.63) is 29.6 Å². The Morgan fingerprint density at radius 1 is 1.53 bits per heavy atom. The van der Waals surface area contributed by atoms with Crippen molar-refractivity contribution in [3.8, 4) is 0 Å². The van der Waals surface area contributed by atoms with Crippen molar-refractivity contribution in [2.24, 2.45) is 5.73 Å². The number of carbonyl (C=O) groups is 2. The number of hydrogen-bond acceptors (Lipinski definition) is 3. The minimum atomic E-state index is -0.898. The van der Waals surface area contributed by atoms with Crippen LogP contribution in [0.25, 0.3) is 0 Å². The van der Waals surface area contributed by atoms with E-state index in [1.165, 1.54) is 28.0 Å². The van der Waals surface area contributed by atoms with Gasteiger partial charge in [0, 0.05) is 24.8 Å². The van der Waals surface area contributed by atoms with Gasteiger partial charge >= 0.3 is 0 Å². The van der Waals surface area contributed by atoms with Gasteiger partial charge < -0.3 is 15.5 Å². The highest BCUT2D eigenvalue weighted by Gasteiger charge is 2.36. The molecule has 2 amide bonds. The largest absolute Gasteiger partial charge is 0.344 e. The second kappa shape index (κ2) is 4.97. The summed E-state index contributed by atoms with van der Waals surface area (Å²) in [5.41, 5.74) is 6.69. The Balaban J connectivity index is 2.29. The molecule has 1 aromatic rings. The number of fused-ring (bicyclic) bond motifs is 1. The van der Waals surface area contributed by atoms with Crippen LogP contribution in [-0.2, 0) is 9.59 Å². The number of rotatable bonds is 3. The first-order valence-electron chi connectivity index (χ1n) is 6.06. The first-order chi connectivity index (χ1) is 8.95. The zero-order chi connectivity index (χ0) is 14.2. The molecule has 1 aliphatic heterocycles. The summed E-state index contributed by atoms with van der Waals surface area (Å²) in [5.74, 6) is -1.00. The van der Waals surface area contributed by atoms with Crippen LogP contribution in [0.5, 0.6) is 0 Å². The second-order valence-corrected chi connectivity index (χ2v) is 4.51. The average Bonchev–Trinajstić information content (AvgIpc) is 2.62. The standard InChI is InChI=1S/C13H16FN3O2/c1-3-16(2)11(18)7-17-10-5-4-8(14)6-9(10)12(15)13(17)19/h4-6,12H,3,7,15H2,1-2H3. The van der Waals surface area contributed by atoms with E-state index >= 15 is 0 Å². The van der Waals surface area contributed by atoms with Crippen LogP contribution >= 0.6 is 0 Å². The molecular weight excluding hydrogens is 249 g/mol. The molecule has 2 N–H and O–H groups in total. The molecule has 1 heterocycles. The lowest BCUT2D eigenvalue weighted by molar-refractivity contribution is -0.130. The third-order valence-electron chi connectivity index (χ3n) is 3.34. The van der Waals surface area contributed by atoms with Crippen LogP contribution in [-0.4, -0.2) is 36.9 Å². The number of nitrogens with two attached hydrogens (primary N) is 1. The molecule has 0 saturated carbocycles. The van der Waals surface area contributed by atoms with E-state index in [4.69, 9.17) is 5.73 Å². The Morgan fingerprint density at radius 2 is 2.21 bits per heavy atom. The SMILES string of the molecule is CCN(C)C(=O)CN1C(=O)C(N)c2cc(F)ccc21. The molecule has 0 aromatic heterocycles. The molecule has 0 radical (unpaired) electrons. The molecule has 6 heteroatoms. The summed E-state index contributed by atoms with van der Waals surface area (Å²) >= 11 is 0. The van der Waals surface area contributed by atoms with Gasteiger partial charge in [-0.2, -0.15) is 0 Å². The van der Waals surface area contributed by atoms with E-state index in [0.29, 0.717) is 17.8 Å². The number of nitrogens with zero attached hydrogens (tertiary/aromatic N) is 2. The summed E-state index contributed by atoms with van der Waals surface area (Å²) in [6, 6.07) is 3.08. The van der Waals surface area contributed by atoms with E-state index in [1.54, 1.807) is 7.05 Å². The van der Waals surface area contributed by atoms with Gasteiger partial charge in [-0.25, -0.2) is 4.39 Å². The van der Waals surface area contributed by atoms with Gasteiger partial charge in [-0.3, -0.25) is 9.59 Å². The quantitative estimate of drug-likeness (QED) is 0.872. The first kappa shape index (κ1) is 13.5. The van der Waals surface area contributed by atoms with E-state index in [9.17, 15) is 14.0 Å². The summed E-state index contributed by atoms with van der Waals surface area (Å²) in [7, 11) is 1.66. The Bertz CT molecular complexity index is 533. The van der Waals surface area contributed by atoms with Crippen molar-refractivity contribution >= 4 is 17.5 Å². The molecule has 102 valence electrons. The minimum Gasteiger partial charge on any atom is -0.344 e. The Labute approximate surface area is 110 Å². The maximum atomic E-state index is 13.2. The number of amides is 2. The molecular formula is C13H16FN3O2. The molecule has 0 spiro atoms. The van der Waals surface area contributed by atoms with E-state index in [0.717, 1.165) is 0 Å². The molecule has 1 unspecified atom stereocenters. The summed E-state index contributed by atoms with van der Waals surface area (Å²) in [5, 5.41) is 0. The summed E-state index contributed by atoms with van der Waals surface area (Å²) < 4.78 is 13.2. The first-order valence-corrected chi connectivity index (χ1v) is 6.06. The van der Waals surface area contributed by atoms with Crippen LogP contribution in [0, 0.1) is 5.82 Å². The van der Waals surface area contributed by atoms with E-state index in [2.05, 4.69) is 0 Å². The van der Waals surface area contributed by atoms with Crippen molar-refractivity contribution in [1.82, 2.24) is 4.90 Å². The fraction of sp³-hybridized carbons (Fsp3) is 0.385. The second-order valence-electron chi connectivity index (χ2n) is 4.51. The van der Waals surface area contributed by atoms with E-state index in [1.807, 2.05) is 6.92 Å². The van der Waals surface area contributed by atoms with Gasteiger partial charge in [-0.15, -0.1) is 0 Å². The zero-order valence-corrected chi connectivity index (χ0v) is 10.9. The number of hydrogen-bond donors (Lipinski definition) is 1. The Morgan fingerprint density at radius 3 is 2.84 bits per heavy atom. The lowest BCUT2D eigenvalue weighted by Gasteiger charge is -2.21. The minimum absolute atomic E-state index is 0.0739. The molecule has 1 atom stereocenters. The monoisotopic (exact) mass is 265 g/mol. The lowest BCUT2D eigenvalue weighted by atomic mass is 10.1. The molecule has 19 heavy (non-hydrogen) atoms. The number of anilines is 1. The van der Waals surface area contributed by atoms with Crippen LogP contribution in [0.15, 0.2) is 18.2 Å². The normalized spacial score (nSPS) is 17.6. The van der Waals surface area contributed by atoms with Crippen LogP contribution in [0.1, 0.15) is 18.5 Å². The molecule has 0 fully saturated rings. The molecule has 1 aromatic carbocycles. The molecule has 1 aliphatic rings. The highest BCUT2D eigenvalue weighted by Crippen LogP contribution is 2.34. The average molecular weight is 265 g/mol. The molecule has 0 aliphatic carbocycles. The van der Waals surface area contributed by atoms with Crippen LogP contribution < -0.4 is 10.6 Å². The zero-order valence-electron chi connectivity index (χ0n) is 10.9. The third-order valence-corrected chi connectivity index (χ3v) is 3.34. The number of benzene rings is 1. The van der Waals surface area contributed by atoms with Gasteiger partial charge in [0.25, 0.3) is 0 Å². The van der Waals surface area contributed by atoms with Gasteiger partial charge in [0.05, 0.1) is 0 Å². The molecule has 0 bridgehead atoms. The van der Waals surface area contributed by atoms with Crippen molar-refractivity contribution in [3.63, 3.8) is 0 Å². The molecule has 5 nitrogen and oxygen atoms in total. The van der Waals surface area contributed by atoms with Gasteiger partial charge in [0.2, 0.25) is 11.8 Å². The fourth-order valence-corrected chi connectivity index (χ4v) is 2.04. The van der Waals surface area contributed by atoms with Crippen molar-refractivity contribution in [1.29, 1.82) is 0 Å². The Kier molecular flexibility index (Phi) is 3.53. The van der Waals surface area contributed by atoms with Crippen molar-refractivity contribution < 1.29 is 14.0 Å². The van der Waals surface area contributed by atoms with Crippen LogP contribution in [0.3, 0.4) is 0 Å². The van der Waals surface area contributed by atoms with Gasteiger partial charge in [0.1, 0.15) is 18.4 Å². The summed E-state index contributed by atoms with van der Waals surface area (Å²) in [4.78, 5) is 26.7. The van der Waals surface area contributed by atoms with Gasteiger partial charge in [-0.05, 0) is 25.1 Å². The summed E-state index contributed by atoms with van der Waals surface area (Å²) in [6.45, 7) is 2.33. The molecule has 0 saturated heterocycles. The predicted octanol–water partition coefficient (Wildman–Crippen LogP) is 0.650. The predicted molar refractivity (Wildman–Crippen MR) is 69.0 cm³/mol. The number of carbonyl (C=O) groups excluding carboxylic acids is 2.